The zero-order chi connectivity index (χ0) is 13.6. The fourth-order valence-corrected chi connectivity index (χ4v) is 3.12. The fraction of sp³-hybridized carbons (Fsp3) is 0.438. The van der Waals surface area contributed by atoms with Crippen LogP contribution in [0.1, 0.15) is 48.9 Å². The van der Waals surface area contributed by atoms with E-state index in [1.807, 2.05) is 6.07 Å². The van der Waals surface area contributed by atoms with Crippen molar-refractivity contribution in [3.8, 4) is 6.07 Å². The molecule has 2 saturated carbocycles. The van der Waals surface area contributed by atoms with Crippen LogP contribution in [0.4, 0.5) is 0 Å². The van der Waals surface area contributed by atoms with Gasteiger partial charge >= 0.3 is 0 Å². The Morgan fingerprint density at radius 2 is 2.05 bits per heavy atom. The molecule has 4 nitrogen and oxygen atoms in total. The fourth-order valence-electron chi connectivity index (χ4n) is 3.12. The molecule has 0 saturated heterocycles. The zero-order valence-electron chi connectivity index (χ0n) is 11.1. The lowest BCUT2D eigenvalue weighted by atomic mass is 9.64. The SMILES string of the molecule is N#CC1CC1c1nc(C2(c3ccccc3)CCC2)no1. The molecule has 0 radical (unpaired) electrons. The number of hydrogen-bond acceptors (Lipinski definition) is 4. The minimum absolute atomic E-state index is 0.0670. The second kappa shape index (κ2) is 4.17. The lowest BCUT2D eigenvalue weighted by molar-refractivity contribution is 0.271. The molecule has 1 aromatic heterocycles. The van der Waals surface area contributed by atoms with Crippen LogP contribution in [0, 0.1) is 17.2 Å². The summed E-state index contributed by atoms with van der Waals surface area (Å²) in [5, 5.41) is 13.1. The molecule has 0 aliphatic heterocycles. The van der Waals surface area contributed by atoms with Crippen LogP contribution in [0.5, 0.6) is 0 Å². The molecule has 4 heteroatoms. The van der Waals surface area contributed by atoms with Crippen molar-refractivity contribution in [2.45, 2.75) is 37.0 Å². The Morgan fingerprint density at radius 1 is 1.25 bits per heavy atom. The summed E-state index contributed by atoms with van der Waals surface area (Å²) in [6, 6.07) is 12.7. The number of nitriles is 1. The maximum Gasteiger partial charge on any atom is 0.231 e. The third kappa shape index (κ3) is 1.59. The lowest BCUT2D eigenvalue weighted by Gasteiger charge is -2.39. The topological polar surface area (TPSA) is 62.7 Å². The highest BCUT2D eigenvalue weighted by molar-refractivity contribution is 5.35. The monoisotopic (exact) mass is 265 g/mol. The molecule has 0 N–H and O–H groups in total. The maximum atomic E-state index is 8.90. The quantitative estimate of drug-likeness (QED) is 0.855. The van der Waals surface area contributed by atoms with Gasteiger partial charge in [0.25, 0.3) is 0 Å². The van der Waals surface area contributed by atoms with E-state index >= 15 is 0 Å². The standard InChI is InChI=1S/C16H15N3O/c17-10-11-9-13(11)14-18-15(19-20-14)16(7-4-8-16)12-5-2-1-3-6-12/h1-3,5-6,11,13H,4,7-9H2. The summed E-state index contributed by atoms with van der Waals surface area (Å²) < 4.78 is 5.41. The average Bonchev–Trinajstić information content (AvgIpc) is 3.08. The highest BCUT2D eigenvalue weighted by atomic mass is 16.5. The van der Waals surface area contributed by atoms with E-state index in [1.54, 1.807) is 0 Å². The van der Waals surface area contributed by atoms with Gasteiger partial charge in [-0.25, -0.2) is 0 Å². The molecular weight excluding hydrogens is 250 g/mol. The molecule has 0 spiro atoms. The van der Waals surface area contributed by atoms with Crippen molar-refractivity contribution in [2.24, 2.45) is 5.92 Å². The number of benzene rings is 1. The third-order valence-electron chi connectivity index (χ3n) is 4.68. The molecule has 100 valence electrons. The van der Waals surface area contributed by atoms with Crippen LogP contribution in [0.2, 0.25) is 0 Å². The second-order valence-electron chi connectivity index (χ2n) is 5.84. The van der Waals surface area contributed by atoms with Crippen LogP contribution in [0.3, 0.4) is 0 Å². The largest absolute Gasteiger partial charge is 0.339 e. The number of nitrogens with zero attached hydrogens (tertiary/aromatic N) is 3. The van der Waals surface area contributed by atoms with Gasteiger partial charge in [0.15, 0.2) is 5.82 Å². The molecule has 4 rings (SSSR count). The van der Waals surface area contributed by atoms with Crippen molar-refractivity contribution >= 4 is 0 Å². The smallest absolute Gasteiger partial charge is 0.231 e. The van der Waals surface area contributed by atoms with E-state index in [1.165, 1.54) is 12.0 Å². The van der Waals surface area contributed by atoms with Crippen LogP contribution < -0.4 is 0 Å². The first-order valence-electron chi connectivity index (χ1n) is 7.13. The van der Waals surface area contributed by atoms with Crippen molar-refractivity contribution in [1.29, 1.82) is 5.26 Å². The van der Waals surface area contributed by atoms with Crippen molar-refractivity contribution in [1.82, 2.24) is 10.1 Å². The average molecular weight is 265 g/mol. The van der Waals surface area contributed by atoms with Gasteiger partial charge in [0.2, 0.25) is 5.89 Å². The summed E-state index contributed by atoms with van der Waals surface area (Å²) in [7, 11) is 0. The summed E-state index contributed by atoms with van der Waals surface area (Å²) >= 11 is 0. The minimum Gasteiger partial charge on any atom is -0.339 e. The first-order chi connectivity index (χ1) is 9.83. The van der Waals surface area contributed by atoms with Crippen molar-refractivity contribution < 1.29 is 4.52 Å². The molecule has 0 amide bonds. The van der Waals surface area contributed by atoms with Crippen molar-refractivity contribution in [3.63, 3.8) is 0 Å². The normalized spacial score (nSPS) is 26.6. The predicted octanol–water partition coefficient (Wildman–Crippen LogP) is 3.17. The summed E-state index contributed by atoms with van der Waals surface area (Å²) in [5.74, 6) is 1.67. The molecule has 0 bridgehead atoms. The van der Waals surface area contributed by atoms with E-state index in [-0.39, 0.29) is 17.3 Å². The summed E-state index contributed by atoms with van der Waals surface area (Å²) in [4.78, 5) is 4.61. The minimum atomic E-state index is -0.0694. The van der Waals surface area contributed by atoms with Gasteiger partial charge in [-0.3, -0.25) is 0 Å². The molecule has 1 aromatic carbocycles. The van der Waals surface area contributed by atoms with Crippen LogP contribution in [-0.2, 0) is 5.41 Å². The van der Waals surface area contributed by atoms with E-state index < -0.39 is 0 Å². The van der Waals surface area contributed by atoms with Gasteiger partial charge in [-0.1, -0.05) is 41.9 Å². The van der Waals surface area contributed by atoms with Gasteiger partial charge in [0.05, 0.1) is 23.3 Å². The van der Waals surface area contributed by atoms with Gasteiger partial charge in [-0.15, -0.1) is 0 Å². The van der Waals surface area contributed by atoms with Gasteiger partial charge in [-0.05, 0) is 24.8 Å². The third-order valence-corrected chi connectivity index (χ3v) is 4.68. The van der Waals surface area contributed by atoms with Gasteiger partial charge < -0.3 is 4.52 Å². The number of rotatable bonds is 3. The Kier molecular flexibility index (Phi) is 2.43. The van der Waals surface area contributed by atoms with Crippen LogP contribution in [-0.4, -0.2) is 10.1 Å². The molecule has 2 aromatic rings. The van der Waals surface area contributed by atoms with Crippen LogP contribution in [0.15, 0.2) is 34.9 Å². The van der Waals surface area contributed by atoms with Crippen LogP contribution in [0.25, 0.3) is 0 Å². The second-order valence-corrected chi connectivity index (χ2v) is 5.84. The Labute approximate surface area is 117 Å². The molecule has 2 atom stereocenters. The maximum absolute atomic E-state index is 8.90. The number of aromatic nitrogens is 2. The molecule has 2 aliphatic carbocycles. The first kappa shape index (κ1) is 11.7. The molecular formula is C16H15N3O. The first-order valence-corrected chi connectivity index (χ1v) is 7.13. The highest BCUT2D eigenvalue weighted by Crippen LogP contribution is 2.50. The van der Waals surface area contributed by atoms with Crippen molar-refractivity contribution in [3.05, 3.63) is 47.6 Å². The molecule has 2 fully saturated rings. The number of hydrogen-bond donors (Lipinski definition) is 0. The zero-order valence-corrected chi connectivity index (χ0v) is 11.1. The van der Waals surface area contributed by atoms with E-state index in [2.05, 4.69) is 40.5 Å². The van der Waals surface area contributed by atoms with Crippen LogP contribution >= 0.6 is 0 Å². The Bertz CT molecular complexity index is 667. The van der Waals surface area contributed by atoms with E-state index in [0.717, 1.165) is 25.1 Å². The Morgan fingerprint density at radius 3 is 2.65 bits per heavy atom. The molecule has 20 heavy (non-hydrogen) atoms. The predicted molar refractivity (Wildman–Crippen MR) is 71.8 cm³/mol. The van der Waals surface area contributed by atoms with Gasteiger partial charge in [0.1, 0.15) is 0 Å². The van der Waals surface area contributed by atoms with Crippen molar-refractivity contribution in [2.75, 3.05) is 0 Å². The summed E-state index contributed by atoms with van der Waals surface area (Å²) in [5.41, 5.74) is 1.20. The van der Waals surface area contributed by atoms with Gasteiger partial charge in [-0.2, -0.15) is 10.2 Å². The summed E-state index contributed by atoms with van der Waals surface area (Å²) in [6.07, 6.45) is 4.20. The molecule has 1 heterocycles. The molecule has 2 aliphatic rings. The lowest BCUT2D eigenvalue weighted by Crippen LogP contribution is -2.36. The van der Waals surface area contributed by atoms with E-state index in [4.69, 9.17) is 9.78 Å². The highest BCUT2D eigenvalue weighted by Gasteiger charge is 2.47. The Balaban J connectivity index is 1.68. The Hall–Kier alpha value is -2.15. The van der Waals surface area contributed by atoms with E-state index in [9.17, 15) is 0 Å². The summed E-state index contributed by atoms with van der Waals surface area (Å²) in [6.45, 7) is 0. The van der Waals surface area contributed by atoms with E-state index in [0.29, 0.717) is 5.89 Å². The molecule has 2 unspecified atom stereocenters. The van der Waals surface area contributed by atoms with Gasteiger partial charge in [0, 0.05) is 0 Å².